The number of likely N-dealkylation sites (tertiary alicyclic amines) is 1. The number of likely N-dealkylation sites (N-methyl/N-ethyl adjacent to an activating group) is 1. The monoisotopic (exact) mass is 464 g/mol. The summed E-state index contributed by atoms with van der Waals surface area (Å²) >= 11 is 0. The van der Waals surface area contributed by atoms with E-state index in [0.29, 0.717) is 18.7 Å². The lowest BCUT2D eigenvalue weighted by molar-refractivity contribution is -0.144. The number of aromatic nitrogens is 2. The number of nitrogens with two attached hydrogens (primary N) is 1. The number of hydrogen-bond donors (Lipinski definition) is 2. The van der Waals surface area contributed by atoms with E-state index in [4.69, 9.17) is 10.3 Å². The zero-order chi connectivity index (χ0) is 24.1. The third kappa shape index (κ3) is 3.93. The van der Waals surface area contributed by atoms with Crippen LogP contribution in [0.4, 0.5) is 17.6 Å². The smallest absolute Gasteiger partial charge is 0.373 e. The highest BCUT2D eigenvalue weighted by Gasteiger charge is 2.48. The normalized spacial score (nSPS) is 18.7. The topological polar surface area (TPSA) is 123 Å². The fourth-order valence-electron chi connectivity index (χ4n) is 3.53. The van der Waals surface area contributed by atoms with Crippen LogP contribution in [-0.4, -0.2) is 45.6 Å². The second-order valence-corrected chi connectivity index (χ2v) is 7.60. The zero-order valence-corrected chi connectivity index (χ0v) is 17.0. The Labute approximate surface area is 183 Å². The van der Waals surface area contributed by atoms with Crippen LogP contribution >= 0.6 is 0 Å². The van der Waals surface area contributed by atoms with Crippen LogP contribution in [0.5, 0.6) is 0 Å². The summed E-state index contributed by atoms with van der Waals surface area (Å²) in [6.07, 6.45) is -4.75. The van der Waals surface area contributed by atoms with E-state index >= 15 is 0 Å². The van der Waals surface area contributed by atoms with E-state index in [1.165, 1.54) is 24.1 Å². The van der Waals surface area contributed by atoms with E-state index in [9.17, 15) is 32.3 Å². The molecule has 0 unspecified atom stereocenters. The van der Waals surface area contributed by atoms with Gasteiger partial charge in [-0.1, -0.05) is 5.16 Å². The number of carbonyl (C=O) groups is 2. The third-order valence-electron chi connectivity index (χ3n) is 5.37. The largest absolute Gasteiger partial charge is 0.416 e. The van der Waals surface area contributed by atoms with Crippen molar-refractivity contribution in [2.75, 3.05) is 13.6 Å². The second kappa shape index (κ2) is 7.66. The number of hydrogen-bond acceptors (Lipinski definition) is 6. The predicted octanol–water partition coefficient (Wildman–Crippen LogP) is 2.71. The van der Waals surface area contributed by atoms with Crippen molar-refractivity contribution < 1.29 is 36.8 Å². The van der Waals surface area contributed by atoms with Gasteiger partial charge in [0, 0.05) is 37.2 Å². The van der Waals surface area contributed by atoms with Gasteiger partial charge in [-0.15, -0.1) is 0 Å². The molecule has 1 aromatic carbocycles. The maximum absolute atomic E-state index is 14.6. The molecule has 12 heteroatoms. The Morgan fingerprint density at radius 2 is 1.94 bits per heavy atom. The summed E-state index contributed by atoms with van der Waals surface area (Å²) in [5, 5.41) is 14.5. The van der Waals surface area contributed by atoms with Crippen molar-refractivity contribution in [2.24, 2.45) is 5.73 Å². The van der Waals surface area contributed by atoms with Gasteiger partial charge >= 0.3 is 6.18 Å². The summed E-state index contributed by atoms with van der Waals surface area (Å²) in [5.74, 6) is -2.81. The number of pyridine rings is 1. The molecule has 1 fully saturated rings. The standard InChI is InChI=1S/C21H16F4N4O4/c1-29-5-4-20(32,19(29)31)17-9-14(28-33-17)10-2-3-13(22)12(6-10)15-7-11(21(23,24)25)8-16(27-15)18(26)30/h2-3,6-9,32H,4-5H2,1H3,(H2,26,30)/t20-/m1/s1. The Bertz CT molecular complexity index is 1270. The van der Waals surface area contributed by atoms with E-state index < -0.39 is 46.4 Å². The maximum atomic E-state index is 14.6. The van der Waals surface area contributed by atoms with Crippen LogP contribution < -0.4 is 5.73 Å². The minimum Gasteiger partial charge on any atom is -0.373 e. The lowest BCUT2D eigenvalue weighted by atomic mass is 9.97. The first kappa shape index (κ1) is 22.4. The van der Waals surface area contributed by atoms with Crippen LogP contribution in [0.3, 0.4) is 0 Å². The molecule has 0 bridgehead atoms. The SMILES string of the molecule is CN1CC[C@@](O)(c2cc(-c3ccc(F)c(-c4cc(C(F)(F)F)cc(C(N)=O)n4)c3)no2)C1=O. The molecule has 1 aliphatic heterocycles. The minimum absolute atomic E-state index is 0.0791. The summed E-state index contributed by atoms with van der Waals surface area (Å²) in [7, 11) is 1.52. The number of aliphatic hydroxyl groups is 1. The van der Waals surface area contributed by atoms with Crippen LogP contribution in [0.25, 0.3) is 22.5 Å². The maximum Gasteiger partial charge on any atom is 0.416 e. The van der Waals surface area contributed by atoms with Crippen LogP contribution in [-0.2, 0) is 16.6 Å². The van der Waals surface area contributed by atoms with Gasteiger partial charge in [0.05, 0.1) is 11.3 Å². The molecule has 3 heterocycles. The Kier molecular flexibility index (Phi) is 5.20. The van der Waals surface area contributed by atoms with Crippen LogP contribution in [0.15, 0.2) is 40.9 Å². The molecule has 1 saturated heterocycles. The first-order valence-electron chi connectivity index (χ1n) is 9.54. The molecular formula is C21H16F4N4O4. The van der Waals surface area contributed by atoms with E-state index in [-0.39, 0.29) is 29.0 Å². The Morgan fingerprint density at radius 3 is 2.55 bits per heavy atom. The van der Waals surface area contributed by atoms with E-state index in [0.717, 1.165) is 12.1 Å². The van der Waals surface area contributed by atoms with Gasteiger partial charge in [-0.05, 0) is 30.3 Å². The fourth-order valence-corrected chi connectivity index (χ4v) is 3.53. The molecular weight excluding hydrogens is 448 g/mol. The van der Waals surface area contributed by atoms with Crippen molar-refractivity contribution in [3.05, 3.63) is 59.2 Å². The van der Waals surface area contributed by atoms with Gasteiger partial charge in [-0.2, -0.15) is 13.2 Å². The number of carbonyl (C=O) groups excluding carboxylic acids is 2. The molecule has 3 N–H and O–H groups in total. The average molecular weight is 464 g/mol. The number of halogens is 4. The molecule has 0 saturated carbocycles. The number of rotatable bonds is 4. The van der Waals surface area contributed by atoms with Gasteiger partial charge in [0.15, 0.2) is 5.76 Å². The Morgan fingerprint density at radius 1 is 1.21 bits per heavy atom. The number of amides is 2. The molecule has 0 radical (unpaired) electrons. The Balaban J connectivity index is 1.78. The number of nitrogens with zero attached hydrogens (tertiary/aromatic N) is 3. The van der Waals surface area contributed by atoms with E-state index in [2.05, 4.69) is 10.1 Å². The third-order valence-corrected chi connectivity index (χ3v) is 5.37. The van der Waals surface area contributed by atoms with Crippen LogP contribution in [0, 0.1) is 5.82 Å². The van der Waals surface area contributed by atoms with Crippen molar-refractivity contribution in [1.82, 2.24) is 15.0 Å². The molecule has 1 aliphatic rings. The Hall–Kier alpha value is -3.80. The molecule has 33 heavy (non-hydrogen) atoms. The molecule has 172 valence electrons. The summed E-state index contributed by atoms with van der Waals surface area (Å²) in [6.45, 7) is 0.301. The van der Waals surface area contributed by atoms with Gasteiger partial charge < -0.3 is 20.3 Å². The molecule has 8 nitrogen and oxygen atoms in total. The first-order valence-corrected chi connectivity index (χ1v) is 9.54. The quantitative estimate of drug-likeness (QED) is 0.573. The molecule has 2 aromatic heterocycles. The van der Waals surface area contributed by atoms with Crippen molar-refractivity contribution in [1.29, 1.82) is 0 Å². The molecule has 2 amide bonds. The first-order chi connectivity index (χ1) is 15.4. The molecule has 0 aliphatic carbocycles. The average Bonchev–Trinajstić information content (AvgIpc) is 3.35. The van der Waals surface area contributed by atoms with Crippen molar-refractivity contribution >= 4 is 11.8 Å². The number of primary amides is 1. The highest BCUT2D eigenvalue weighted by atomic mass is 19.4. The fraction of sp³-hybridized carbons (Fsp3) is 0.238. The highest BCUT2D eigenvalue weighted by Crippen LogP contribution is 2.37. The van der Waals surface area contributed by atoms with Crippen LogP contribution in [0.1, 0.15) is 28.2 Å². The van der Waals surface area contributed by atoms with E-state index in [1.807, 2.05) is 0 Å². The van der Waals surface area contributed by atoms with Gasteiger partial charge in [-0.25, -0.2) is 9.37 Å². The van der Waals surface area contributed by atoms with Gasteiger partial charge in [-0.3, -0.25) is 9.59 Å². The summed E-state index contributed by atoms with van der Waals surface area (Å²) in [6, 6.07) is 5.80. The highest BCUT2D eigenvalue weighted by molar-refractivity contribution is 5.92. The summed E-state index contributed by atoms with van der Waals surface area (Å²) in [5.41, 5.74) is 0.786. The summed E-state index contributed by atoms with van der Waals surface area (Å²) < 4.78 is 59.5. The predicted molar refractivity (Wildman–Crippen MR) is 105 cm³/mol. The zero-order valence-electron chi connectivity index (χ0n) is 17.0. The second-order valence-electron chi connectivity index (χ2n) is 7.60. The van der Waals surface area contributed by atoms with Gasteiger partial charge in [0.25, 0.3) is 11.8 Å². The van der Waals surface area contributed by atoms with Crippen LogP contribution in [0.2, 0.25) is 0 Å². The minimum atomic E-state index is -4.83. The van der Waals surface area contributed by atoms with Crippen molar-refractivity contribution in [3.8, 4) is 22.5 Å². The van der Waals surface area contributed by atoms with Crippen molar-refractivity contribution in [2.45, 2.75) is 18.2 Å². The molecule has 4 rings (SSSR count). The number of alkyl halides is 3. The lowest BCUT2D eigenvalue weighted by Gasteiger charge is -2.16. The molecule has 0 spiro atoms. The van der Waals surface area contributed by atoms with E-state index in [1.54, 1.807) is 0 Å². The van der Waals surface area contributed by atoms with Crippen molar-refractivity contribution in [3.63, 3.8) is 0 Å². The number of benzene rings is 1. The lowest BCUT2D eigenvalue weighted by Crippen LogP contribution is -2.35. The molecule has 1 atom stereocenters. The van der Waals surface area contributed by atoms with Gasteiger partial charge in [0.1, 0.15) is 17.2 Å². The molecule has 3 aromatic rings. The van der Waals surface area contributed by atoms with Gasteiger partial charge in [0.2, 0.25) is 5.60 Å². The summed E-state index contributed by atoms with van der Waals surface area (Å²) in [4.78, 5) is 28.8.